The summed E-state index contributed by atoms with van der Waals surface area (Å²) in [4.78, 5) is 4.01. The number of methoxy groups -OCH3 is 2. The largest absolute Gasteiger partial charge is 0.506 e. The Bertz CT molecular complexity index is 390. The van der Waals surface area contributed by atoms with E-state index in [9.17, 15) is 5.11 Å². The summed E-state index contributed by atoms with van der Waals surface area (Å²) in [5.74, 6) is 1.39. The van der Waals surface area contributed by atoms with Crippen molar-refractivity contribution in [2.45, 2.75) is 18.8 Å². The Labute approximate surface area is 101 Å². The van der Waals surface area contributed by atoms with Crippen molar-refractivity contribution in [3.8, 4) is 17.4 Å². The summed E-state index contributed by atoms with van der Waals surface area (Å²) >= 11 is 0. The highest BCUT2D eigenvalue weighted by molar-refractivity contribution is 5.51. The maximum atomic E-state index is 9.97. The molecule has 1 aliphatic rings. The lowest BCUT2D eigenvalue weighted by Gasteiger charge is -2.25. The fourth-order valence-electron chi connectivity index (χ4n) is 2.31. The average molecular weight is 238 g/mol. The number of hydrogen-bond acceptors (Lipinski definition) is 5. The molecule has 1 saturated heterocycles. The van der Waals surface area contributed by atoms with E-state index < -0.39 is 0 Å². The van der Waals surface area contributed by atoms with Gasteiger partial charge in [0.25, 0.3) is 5.88 Å². The summed E-state index contributed by atoms with van der Waals surface area (Å²) in [5, 5.41) is 13.3. The fraction of sp³-hybridized carbons (Fsp3) is 0.583. The summed E-state index contributed by atoms with van der Waals surface area (Å²) in [6.07, 6.45) is 3.55. The molecule has 1 unspecified atom stereocenters. The fourth-order valence-corrected chi connectivity index (χ4v) is 2.31. The molecule has 5 nitrogen and oxygen atoms in total. The topological polar surface area (TPSA) is 63.6 Å². The van der Waals surface area contributed by atoms with Crippen LogP contribution in [0.2, 0.25) is 0 Å². The Morgan fingerprint density at radius 2 is 2.24 bits per heavy atom. The summed E-state index contributed by atoms with van der Waals surface area (Å²) in [6, 6.07) is 0. The van der Waals surface area contributed by atoms with Gasteiger partial charge in [-0.05, 0) is 19.4 Å². The van der Waals surface area contributed by atoms with Crippen LogP contribution in [0.5, 0.6) is 17.4 Å². The average Bonchev–Trinajstić information content (AvgIpc) is 2.39. The Morgan fingerprint density at radius 3 is 2.82 bits per heavy atom. The molecule has 94 valence electrons. The van der Waals surface area contributed by atoms with Gasteiger partial charge in [-0.15, -0.1) is 0 Å². The molecule has 2 rings (SSSR count). The van der Waals surface area contributed by atoms with Crippen LogP contribution in [-0.2, 0) is 0 Å². The molecule has 5 heteroatoms. The van der Waals surface area contributed by atoms with Crippen molar-refractivity contribution in [3.63, 3.8) is 0 Å². The molecule has 0 spiro atoms. The molecule has 0 aromatic carbocycles. The first kappa shape index (κ1) is 12.0. The Morgan fingerprint density at radius 1 is 1.41 bits per heavy atom. The second-order valence-electron chi connectivity index (χ2n) is 4.14. The van der Waals surface area contributed by atoms with E-state index in [1.807, 2.05) is 0 Å². The predicted molar refractivity (Wildman–Crippen MR) is 63.9 cm³/mol. The standard InChI is InChI=1S/C12H18N2O3/c1-16-11-10(8-4-3-5-13-6-8)9(15)7-14-12(11)17-2/h7-8,13,15H,3-6H2,1-2H3. The number of aromatic hydroxyl groups is 1. The summed E-state index contributed by atoms with van der Waals surface area (Å²) in [6.45, 7) is 1.87. The summed E-state index contributed by atoms with van der Waals surface area (Å²) < 4.78 is 10.5. The van der Waals surface area contributed by atoms with E-state index in [0.29, 0.717) is 11.6 Å². The second kappa shape index (κ2) is 5.23. The smallest absolute Gasteiger partial charge is 0.257 e. The van der Waals surface area contributed by atoms with Crippen LogP contribution < -0.4 is 14.8 Å². The zero-order valence-electron chi connectivity index (χ0n) is 10.2. The number of aromatic nitrogens is 1. The number of nitrogens with one attached hydrogen (secondary N) is 1. The highest BCUT2D eigenvalue weighted by Crippen LogP contribution is 2.41. The minimum absolute atomic E-state index is 0.177. The molecule has 0 amide bonds. The third kappa shape index (κ3) is 2.29. The molecule has 1 aromatic heterocycles. The highest BCUT2D eigenvalue weighted by Gasteiger charge is 2.25. The predicted octanol–water partition coefficient (Wildman–Crippen LogP) is 1.27. The minimum Gasteiger partial charge on any atom is -0.506 e. The van der Waals surface area contributed by atoms with E-state index in [1.54, 1.807) is 14.2 Å². The van der Waals surface area contributed by atoms with Crippen molar-refractivity contribution in [1.29, 1.82) is 0 Å². The molecule has 2 N–H and O–H groups in total. The second-order valence-corrected chi connectivity index (χ2v) is 4.14. The Balaban J connectivity index is 2.41. The first-order valence-electron chi connectivity index (χ1n) is 5.78. The Kier molecular flexibility index (Phi) is 3.68. The SMILES string of the molecule is COc1ncc(O)c(C2CCCNC2)c1OC. The molecule has 0 radical (unpaired) electrons. The van der Waals surface area contributed by atoms with Crippen LogP contribution in [0.1, 0.15) is 24.3 Å². The third-order valence-electron chi connectivity index (χ3n) is 3.12. The highest BCUT2D eigenvalue weighted by atomic mass is 16.5. The molecule has 17 heavy (non-hydrogen) atoms. The van der Waals surface area contributed by atoms with E-state index in [0.717, 1.165) is 31.5 Å². The normalized spacial score (nSPS) is 20.0. The van der Waals surface area contributed by atoms with Crippen LogP contribution in [0.15, 0.2) is 6.20 Å². The first-order valence-corrected chi connectivity index (χ1v) is 5.78. The molecule has 0 bridgehead atoms. The lowest BCUT2D eigenvalue weighted by atomic mass is 9.91. The van der Waals surface area contributed by atoms with Gasteiger partial charge in [-0.1, -0.05) is 0 Å². The van der Waals surface area contributed by atoms with Gasteiger partial charge in [0.15, 0.2) is 5.75 Å². The quantitative estimate of drug-likeness (QED) is 0.830. The zero-order chi connectivity index (χ0) is 12.3. The van der Waals surface area contributed by atoms with Crippen LogP contribution >= 0.6 is 0 Å². The lowest BCUT2D eigenvalue weighted by Crippen LogP contribution is -2.28. The van der Waals surface area contributed by atoms with Gasteiger partial charge in [0.2, 0.25) is 0 Å². The number of pyridine rings is 1. The molecule has 1 aromatic rings. The van der Waals surface area contributed by atoms with E-state index in [2.05, 4.69) is 10.3 Å². The minimum atomic E-state index is 0.177. The molecule has 0 aliphatic carbocycles. The monoisotopic (exact) mass is 238 g/mol. The van der Waals surface area contributed by atoms with Crippen molar-refractivity contribution in [1.82, 2.24) is 10.3 Å². The van der Waals surface area contributed by atoms with Crippen molar-refractivity contribution >= 4 is 0 Å². The van der Waals surface area contributed by atoms with E-state index >= 15 is 0 Å². The summed E-state index contributed by atoms with van der Waals surface area (Å²) in [5.41, 5.74) is 0.798. The van der Waals surface area contributed by atoms with Crippen molar-refractivity contribution in [3.05, 3.63) is 11.8 Å². The van der Waals surface area contributed by atoms with Gasteiger partial charge in [0.1, 0.15) is 5.75 Å². The van der Waals surface area contributed by atoms with Gasteiger partial charge in [-0.25, -0.2) is 4.98 Å². The number of piperidine rings is 1. The lowest BCUT2D eigenvalue weighted by molar-refractivity contribution is 0.326. The maximum absolute atomic E-state index is 9.97. The number of rotatable bonds is 3. The van der Waals surface area contributed by atoms with Crippen LogP contribution in [0.25, 0.3) is 0 Å². The molecule has 1 aliphatic heterocycles. The summed E-state index contributed by atoms with van der Waals surface area (Å²) in [7, 11) is 3.11. The van der Waals surface area contributed by atoms with Gasteiger partial charge in [0, 0.05) is 18.0 Å². The van der Waals surface area contributed by atoms with Crippen LogP contribution in [-0.4, -0.2) is 37.4 Å². The Hall–Kier alpha value is -1.49. The molecular formula is C12H18N2O3. The molecular weight excluding hydrogens is 220 g/mol. The van der Waals surface area contributed by atoms with Crippen molar-refractivity contribution in [2.75, 3.05) is 27.3 Å². The first-order chi connectivity index (χ1) is 8.27. The maximum Gasteiger partial charge on any atom is 0.257 e. The van der Waals surface area contributed by atoms with Crippen molar-refractivity contribution < 1.29 is 14.6 Å². The molecule has 1 atom stereocenters. The third-order valence-corrected chi connectivity index (χ3v) is 3.12. The number of hydrogen-bond donors (Lipinski definition) is 2. The number of ether oxygens (including phenoxy) is 2. The van der Waals surface area contributed by atoms with Crippen LogP contribution in [0.3, 0.4) is 0 Å². The van der Waals surface area contributed by atoms with E-state index in [1.165, 1.54) is 6.20 Å². The van der Waals surface area contributed by atoms with Crippen LogP contribution in [0, 0.1) is 0 Å². The molecule has 1 fully saturated rings. The van der Waals surface area contributed by atoms with Crippen molar-refractivity contribution in [2.24, 2.45) is 0 Å². The molecule has 2 heterocycles. The van der Waals surface area contributed by atoms with Gasteiger partial charge >= 0.3 is 0 Å². The van der Waals surface area contributed by atoms with E-state index in [-0.39, 0.29) is 11.7 Å². The zero-order valence-corrected chi connectivity index (χ0v) is 10.2. The van der Waals surface area contributed by atoms with E-state index in [4.69, 9.17) is 9.47 Å². The van der Waals surface area contributed by atoms with Gasteiger partial charge in [0.05, 0.1) is 20.4 Å². The van der Waals surface area contributed by atoms with Gasteiger partial charge in [-0.3, -0.25) is 0 Å². The van der Waals surface area contributed by atoms with Gasteiger partial charge in [-0.2, -0.15) is 0 Å². The van der Waals surface area contributed by atoms with Crippen LogP contribution in [0.4, 0.5) is 0 Å². The number of nitrogens with zero attached hydrogens (tertiary/aromatic N) is 1. The molecule has 0 saturated carbocycles. The van der Waals surface area contributed by atoms with Gasteiger partial charge < -0.3 is 19.9 Å².